The van der Waals surface area contributed by atoms with E-state index in [2.05, 4.69) is 0 Å². The summed E-state index contributed by atoms with van der Waals surface area (Å²) in [4.78, 5) is 79.2. The van der Waals surface area contributed by atoms with Gasteiger partial charge in [0.1, 0.15) is 13.1 Å². The molecule has 0 unspecified atom stereocenters. The quantitative estimate of drug-likeness (QED) is 0.111. The third-order valence-corrected chi connectivity index (χ3v) is 10.9. The van der Waals surface area contributed by atoms with Crippen LogP contribution in [0.25, 0.3) is 0 Å². The maximum absolute atomic E-state index is 14.7. The molecule has 0 heterocycles. The Morgan fingerprint density at radius 3 is 1.25 bits per heavy atom. The van der Waals surface area contributed by atoms with Crippen molar-refractivity contribution in [3.05, 3.63) is 108 Å². The molecule has 0 bridgehead atoms. The van der Waals surface area contributed by atoms with Crippen molar-refractivity contribution in [3.8, 4) is 0 Å². The fourth-order valence-electron chi connectivity index (χ4n) is 6.85. The van der Waals surface area contributed by atoms with Crippen LogP contribution in [0.4, 0.5) is 0 Å². The van der Waals surface area contributed by atoms with E-state index < -0.39 is 29.4 Å². The Kier molecular flexibility index (Phi) is 19.9. The van der Waals surface area contributed by atoms with E-state index in [9.17, 15) is 24.0 Å². The van der Waals surface area contributed by atoms with Gasteiger partial charge in [0, 0.05) is 12.0 Å². The van der Waals surface area contributed by atoms with E-state index in [-0.39, 0.29) is 62.8 Å². The molecule has 0 aliphatic rings. The number of nitrogens with zero attached hydrogens (tertiary/aromatic N) is 5. The number of nitrogens with two attached hydrogens (primary N) is 2. The van der Waals surface area contributed by atoms with Crippen molar-refractivity contribution in [1.29, 1.82) is 0 Å². The molecule has 3 rings (SSSR count). The standard InChI is InChI=1S/C47H69N7O5/c1-36(39-21-11-8-12-22-39)52(31-42(55)47(4,5)6)46(59)35-54(38(3)41-25-15-10-16-26-41)45(58)33-51(30-20-18-28-49)43(56)34-53(37(2)40-23-13-9-14-24-40)44(57)32-50(7)29-19-17-27-48/h8-16,21-26,36-38H,17-20,27-35,48-49H2,1-7H3/t36-,37-,38-/m0/s1. The first-order valence-corrected chi connectivity index (χ1v) is 21.0. The third kappa shape index (κ3) is 15.3. The molecule has 0 aromatic heterocycles. The van der Waals surface area contributed by atoms with Crippen LogP contribution in [0.2, 0.25) is 0 Å². The summed E-state index contributed by atoms with van der Waals surface area (Å²) < 4.78 is 0. The van der Waals surface area contributed by atoms with E-state index in [1.54, 1.807) is 9.80 Å². The van der Waals surface area contributed by atoms with Crippen LogP contribution in [0.5, 0.6) is 0 Å². The van der Waals surface area contributed by atoms with Crippen molar-refractivity contribution in [2.24, 2.45) is 16.9 Å². The zero-order chi connectivity index (χ0) is 43.5. The number of amides is 4. The predicted octanol–water partition coefficient (Wildman–Crippen LogP) is 5.61. The zero-order valence-electron chi connectivity index (χ0n) is 36.5. The first kappa shape index (κ1) is 48.5. The molecule has 0 saturated carbocycles. The smallest absolute Gasteiger partial charge is 0.243 e. The average Bonchev–Trinajstić information content (AvgIpc) is 3.23. The molecule has 0 aliphatic heterocycles. The fourth-order valence-corrected chi connectivity index (χ4v) is 6.85. The van der Waals surface area contributed by atoms with Gasteiger partial charge in [0.05, 0.1) is 37.8 Å². The highest BCUT2D eigenvalue weighted by atomic mass is 16.2. The van der Waals surface area contributed by atoms with Gasteiger partial charge in [-0.2, -0.15) is 0 Å². The molecule has 3 aromatic rings. The molecule has 0 spiro atoms. The molecule has 0 aliphatic carbocycles. The molecular weight excluding hydrogens is 743 g/mol. The number of hydrogen-bond acceptors (Lipinski definition) is 8. The summed E-state index contributed by atoms with van der Waals surface area (Å²) in [5, 5.41) is 0. The second kappa shape index (κ2) is 24.2. The van der Waals surface area contributed by atoms with Gasteiger partial charge in [-0.3, -0.25) is 28.9 Å². The number of Topliss-reactive ketones (excluding diaryl/α,β-unsaturated/α-hetero) is 1. The Labute approximate surface area is 352 Å². The van der Waals surface area contributed by atoms with Crippen LogP contribution < -0.4 is 11.5 Å². The average molecular weight is 812 g/mol. The van der Waals surface area contributed by atoms with Crippen molar-refractivity contribution >= 4 is 29.4 Å². The number of likely N-dealkylation sites (N-methyl/N-ethyl adjacent to an activating group) is 1. The number of benzene rings is 3. The van der Waals surface area contributed by atoms with Crippen LogP contribution in [0.3, 0.4) is 0 Å². The molecule has 59 heavy (non-hydrogen) atoms. The van der Waals surface area contributed by atoms with Crippen molar-refractivity contribution in [1.82, 2.24) is 24.5 Å². The first-order valence-electron chi connectivity index (χ1n) is 21.0. The van der Waals surface area contributed by atoms with Gasteiger partial charge in [-0.1, -0.05) is 112 Å². The van der Waals surface area contributed by atoms with Gasteiger partial charge in [-0.05, 0) is 89.8 Å². The zero-order valence-corrected chi connectivity index (χ0v) is 36.5. The summed E-state index contributed by atoms with van der Waals surface area (Å²) in [5.41, 5.74) is 13.4. The number of ketones is 1. The largest absolute Gasteiger partial charge is 0.332 e. The van der Waals surface area contributed by atoms with Gasteiger partial charge in [0.25, 0.3) is 0 Å². The van der Waals surface area contributed by atoms with Crippen LogP contribution in [0.15, 0.2) is 91.0 Å². The van der Waals surface area contributed by atoms with E-state index in [1.807, 2.05) is 144 Å². The molecule has 12 nitrogen and oxygen atoms in total. The number of hydrogen-bond donors (Lipinski definition) is 2. The maximum atomic E-state index is 14.7. The van der Waals surface area contributed by atoms with Gasteiger partial charge in [0.15, 0.2) is 5.78 Å². The highest BCUT2D eigenvalue weighted by Crippen LogP contribution is 2.26. The summed E-state index contributed by atoms with van der Waals surface area (Å²) >= 11 is 0. The van der Waals surface area contributed by atoms with Crippen LogP contribution in [-0.4, -0.2) is 120 Å². The third-order valence-electron chi connectivity index (χ3n) is 10.9. The molecule has 4 N–H and O–H groups in total. The van der Waals surface area contributed by atoms with Crippen molar-refractivity contribution in [2.45, 2.75) is 85.4 Å². The summed E-state index contributed by atoms with van der Waals surface area (Å²) in [7, 11) is 1.88. The molecule has 0 saturated heterocycles. The number of carbonyl (C=O) groups excluding carboxylic acids is 5. The van der Waals surface area contributed by atoms with Crippen LogP contribution in [0, 0.1) is 5.41 Å². The van der Waals surface area contributed by atoms with E-state index in [0.29, 0.717) is 32.5 Å². The van der Waals surface area contributed by atoms with Crippen molar-refractivity contribution in [2.75, 3.05) is 66.0 Å². The molecule has 3 atom stereocenters. The van der Waals surface area contributed by atoms with E-state index in [1.165, 1.54) is 9.80 Å². The topological polar surface area (TPSA) is 154 Å². The van der Waals surface area contributed by atoms with Crippen LogP contribution in [0.1, 0.15) is 102 Å². The van der Waals surface area contributed by atoms with Gasteiger partial charge < -0.3 is 31.1 Å². The summed E-state index contributed by atoms with van der Waals surface area (Å²) in [5.74, 6) is -1.52. The highest BCUT2D eigenvalue weighted by molar-refractivity contribution is 5.93. The van der Waals surface area contributed by atoms with Gasteiger partial charge >= 0.3 is 0 Å². The first-order chi connectivity index (χ1) is 28.1. The predicted molar refractivity (Wildman–Crippen MR) is 235 cm³/mol. The normalized spacial score (nSPS) is 13.0. The SMILES string of the molecule is C[C@@H](c1ccccc1)N(CC(=O)N(CCCCN)CC(=O)N(CC(=O)N(CC(=O)C(C)(C)C)[C@@H](C)c1ccccc1)[C@@H](C)c1ccccc1)C(=O)CN(C)CCCCN. The lowest BCUT2D eigenvalue weighted by Gasteiger charge is -2.37. The van der Waals surface area contributed by atoms with E-state index >= 15 is 0 Å². The monoisotopic (exact) mass is 812 g/mol. The molecule has 3 aromatic carbocycles. The summed E-state index contributed by atoms with van der Waals surface area (Å²) in [6, 6.07) is 27.1. The van der Waals surface area contributed by atoms with Crippen molar-refractivity contribution in [3.63, 3.8) is 0 Å². The fraction of sp³-hybridized carbons (Fsp3) is 0.511. The minimum absolute atomic E-state index is 0.107. The number of carbonyl (C=O) groups is 5. The number of rotatable bonds is 24. The van der Waals surface area contributed by atoms with E-state index in [0.717, 1.165) is 29.5 Å². The van der Waals surface area contributed by atoms with Gasteiger partial charge in [-0.25, -0.2) is 0 Å². The second-order valence-electron chi connectivity index (χ2n) is 16.5. The molecular formula is C47H69N7O5. The van der Waals surface area contributed by atoms with Gasteiger partial charge in [0.2, 0.25) is 23.6 Å². The minimum atomic E-state index is -0.695. The summed E-state index contributed by atoms with van der Waals surface area (Å²) in [6.07, 6.45) is 2.87. The minimum Gasteiger partial charge on any atom is -0.332 e. The Morgan fingerprint density at radius 2 is 0.847 bits per heavy atom. The molecule has 12 heteroatoms. The lowest BCUT2D eigenvalue weighted by molar-refractivity contribution is -0.149. The van der Waals surface area contributed by atoms with Crippen LogP contribution in [-0.2, 0) is 24.0 Å². The molecule has 322 valence electrons. The lowest BCUT2D eigenvalue weighted by atomic mass is 9.90. The van der Waals surface area contributed by atoms with Crippen molar-refractivity contribution < 1.29 is 24.0 Å². The maximum Gasteiger partial charge on any atom is 0.243 e. The van der Waals surface area contributed by atoms with Crippen LogP contribution >= 0.6 is 0 Å². The molecule has 0 radical (unpaired) electrons. The Hall–Kier alpha value is -4.91. The summed E-state index contributed by atoms with van der Waals surface area (Å²) in [6.45, 7) is 12.1. The second-order valence-corrected chi connectivity index (χ2v) is 16.5. The molecule has 0 fully saturated rings. The lowest BCUT2D eigenvalue weighted by Crippen LogP contribution is -2.52. The Balaban J connectivity index is 1.99. The Bertz CT molecular complexity index is 1750. The highest BCUT2D eigenvalue weighted by Gasteiger charge is 2.34. The van der Waals surface area contributed by atoms with E-state index in [4.69, 9.17) is 11.5 Å². The van der Waals surface area contributed by atoms with Gasteiger partial charge in [-0.15, -0.1) is 0 Å². The Morgan fingerprint density at radius 1 is 0.492 bits per heavy atom. The molecule has 4 amide bonds. The number of unbranched alkanes of at least 4 members (excludes halogenated alkanes) is 2.